The molecule has 1 aromatic carbocycles. The van der Waals surface area contributed by atoms with Crippen LogP contribution in [0.4, 0.5) is 0 Å². The van der Waals surface area contributed by atoms with E-state index < -0.39 is 5.97 Å². The first-order valence-electron chi connectivity index (χ1n) is 6.56. The van der Waals surface area contributed by atoms with Gasteiger partial charge in [-0.15, -0.1) is 0 Å². The Hall–Kier alpha value is -1.79. The Morgan fingerprint density at radius 2 is 2.35 bits per heavy atom. The molecule has 2 N–H and O–H groups in total. The Kier molecular flexibility index (Phi) is 3.50. The lowest BCUT2D eigenvalue weighted by Gasteiger charge is -2.22. The van der Waals surface area contributed by atoms with Gasteiger partial charge < -0.3 is 24.6 Å². The molecule has 0 aliphatic carbocycles. The summed E-state index contributed by atoms with van der Waals surface area (Å²) in [5, 5.41) is 12.3. The van der Waals surface area contributed by atoms with Crippen molar-refractivity contribution in [1.29, 1.82) is 0 Å². The third-order valence-corrected chi connectivity index (χ3v) is 3.82. The van der Waals surface area contributed by atoms with E-state index in [4.69, 9.17) is 19.3 Å². The molecule has 3 rings (SSSR count). The lowest BCUT2D eigenvalue weighted by molar-refractivity contribution is -0.141. The largest absolute Gasteiger partial charge is 0.496 e. The average molecular weight is 279 g/mol. The molecule has 0 amide bonds. The summed E-state index contributed by atoms with van der Waals surface area (Å²) in [7, 11) is 1.61. The van der Waals surface area contributed by atoms with Crippen LogP contribution in [0, 0.1) is 5.92 Å². The number of rotatable bonds is 3. The van der Waals surface area contributed by atoms with Crippen molar-refractivity contribution in [2.45, 2.75) is 19.1 Å². The third kappa shape index (κ3) is 2.32. The lowest BCUT2D eigenvalue weighted by Crippen LogP contribution is -2.18. The molecular weight excluding hydrogens is 262 g/mol. The summed E-state index contributed by atoms with van der Waals surface area (Å²) in [5.41, 5.74) is 1.89. The Bertz CT molecular complexity index is 531. The predicted octanol–water partition coefficient (Wildman–Crippen LogP) is 1.30. The highest BCUT2D eigenvalue weighted by Gasteiger charge is 2.32. The zero-order valence-corrected chi connectivity index (χ0v) is 11.2. The van der Waals surface area contributed by atoms with Gasteiger partial charge in [0, 0.05) is 23.7 Å². The molecule has 20 heavy (non-hydrogen) atoms. The number of nitrogens with one attached hydrogen (secondary N) is 1. The van der Waals surface area contributed by atoms with Gasteiger partial charge in [0.1, 0.15) is 11.5 Å². The second-order valence-electron chi connectivity index (χ2n) is 5.04. The number of methoxy groups -OCH3 is 1. The van der Waals surface area contributed by atoms with Gasteiger partial charge in [-0.25, -0.2) is 0 Å². The molecule has 0 spiro atoms. The summed E-state index contributed by atoms with van der Waals surface area (Å²) in [6.07, 6.45) is 0.557. The topological polar surface area (TPSA) is 77.0 Å². The fourth-order valence-electron chi connectivity index (χ4n) is 2.73. The normalized spacial score (nSPS) is 24.9. The highest BCUT2D eigenvalue weighted by Crippen LogP contribution is 2.38. The highest BCUT2D eigenvalue weighted by molar-refractivity contribution is 5.71. The molecule has 0 radical (unpaired) electrons. The van der Waals surface area contributed by atoms with Crippen LogP contribution in [0.25, 0.3) is 0 Å². The van der Waals surface area contributed by atoms with Crippen LogP contribution in [0.15, 0.2) is 12.1 Å². The fraction of sp³-hybridized carbons (Fsp3) is 0.500. The summed E-state index contributed by atoms with van der Waals surface area (Å²) >= 11 is 0. The molecule has 6 heteroatoms. The van der Waals surface area contributed by atoms with Crippen molar-refractivity contribution in [3.8, 4) is 11.5 Å². The number of carboxylic acid groups (broad SMARTS) is 1. The van der Waals surface area contributed by atoms with Crippen LogP contribution in [0.2, 0.25) is 0 Å². The van der Waals surface area contributed by atoms with E-state index in [9.17, 15) is 4.79 Å². The zero-order chi connectivity index (χ0) is 14.1. The van der Waals surface area contributed by atoms with E-state index in [1.165, 1.54) is 0 Å². The van der Waals surface area contributed by atoms with E-state index in [1.807, 2.05) is 12.1 Å². The van der Waals surface area contributed by atoms with Gasteiger partial charge >= 0.3 is 5.97 Å². The molecule has 2 aliphatic rings. The molecule has 2 atom stereocenters. The minimum atomic E-state index is -0.762. The maximum Gasteiger partial charge on any atom is 0.307 e. The number of hydrogen-bond donors (Lipinski definition) is 2. The van der Waals surface area contributed by atoms with Crippen molar-refractivity contribution in [2.24, 2.45) is 5.92 Å². The number of aliphatic carboxylic acids is 1. The molecule has 2 unspecified atom stereocenters. The molecule has 1 saturated heterocycles. The van der Waals surface area contributed by atoms with Crippen LogP contribution in [0.3, 0.4) is 0 Å². The van der Waals surface area contributed by atoms with Gasteiger partial charge in [-0.05, 0) is 18.6 Å². The molecule has 0 aromatic heterocycles. The number of carboxylic acids is 1. The summed E-state index contributed by atoms with van der Waals surface area (Å²) < 4.78 is 16.1. The number of benzene rings is 1. The number of fused-ring (bicyclic) bond motifs is 1. The van der Waals surface area contributed by atoms with Crippen molar-refractivity contribution in [1.82, 2.24) is 5.32 Å². The first-order valence-corrected chi connectivity index (χ1v) is 6.56. The van der Waals surface area contributed by atoms with Crippen molar-refractivity contribution < 1.29 is 24.1 Å². The van der Waals surface area contributed by atoms with Gasteiger partial charge in [0.25, 0.3) is 0 Å². The minimum absolute atomic E-state index is 0.0252. The van der Waals surface area contributed by atoms with E-state index >= 15 is 0 Å². The average Bonchev–Trinajstić information content (AvgIpc) is 2.95. The Morgan fingerprint density at radius 3 is 3.05 bits per heavy atom. The maximum atomic E-state index is 11.1. The minimum Gasteiger partial charge on any atom is -0.496 e. The van der Waals surface area contributed by atoms with Crippen molar-refractivity contribution >= 4 is 5.97 Å². The molecule has 2 aliphatic heterocycles. The summed E-state index contributed by atoms with van der Waals surface area (Å²) in [6, 6.07) is 3.81. The Morgan fingerprint density at radius 1 is 1.50 bits per heavy atom. The molecule has 0 saturated carbocycles. The monoisotopic (exact) mass is 279 g/mol. The maximum absolute atomic E-state index is 11.1. The fourth-order valence-corrected chi connectivity index (χ4v) is 2.73. The molecule has 0 bridgehead atoms. The van der Waals surface area contributed by atoms with Gasteiger partial charge in [0.15, 0.2) is 6.79 Å². The molecule has 1 fully saturated rings. The molecule has 108 valence electrons. The van der Waals surface area contributed by atoms with E-state index in [0.29, 0.717) is 19.6 Å². The predicted molar refractivity (Wildman–Crippen MR) is 69.8 cm³/mol. The molecular formula is C14H17NO5. The number of ether oxygens (including phenoxy) is 3. The van der Waals surface area contributed by atoms with E-state index in [-0.39, 0.29) is 18.8 Å². The Balaban J connectivity index is 1.90. The van der Waals surface area contributed by atoms with E-state index in [0.717, 1.165) is 22.6 Å². The second kappa shape index (κ2) is 5.30. The number of carbonyl (C=O) groups is 1. The third-order valence-electron chi connectivity index (χ3n) is 3.82. The zero-order valence-electron chi connectivity index (χ0n) is 11.2. The van der Waals surface area contributed by atoms with Crippen molar-refractivity contribution in [3.63, 3.8) is 0 Å². The van der Waals surface area contributed by atoms with Crippen LogP contribution < -0.4 is 14.8 Å². The molecule has 2 heterocycles. The van der Waals surface area contributed by atoms with Gasteiger partial charge in [-0.1, -0.05) is 0 Å². The van der Waals surface area contributed by atoms with Crippen LogP contribution >= 0.6 is 0 Å². The van der Waals surface area contributed by atoms with Crippen LogP contribution in [-0.2, 0) is 16.1 Å². The summed E-state index contributed by atoms with van der Waals surface area (Å²) in [5.74, 6) is 0.403. The smallest absolute Gasteiger partial charge is 0.307 e. The van der Waals surface area contributed by atoms with E-state index in [2.05, 4.69) is 5.32 Å². The van der Waals surface area contributed by atoms with Crippen LogP contribution in [0.5, 0.6) is 11.5 Å². The van der Waals surface area contributed by atoms with Gasteiger partial charge in [0.05, 0.1) is 19.6 Å². The SMILES string of the molecule is COc1cc2c(cc1C1CC(C(=O)O)CN1)OCOC2. The first-order chi connectivity index (χ1) is 9.69. The van der Waals surface area contributed by atoms with Gasteiger partial charge in [-0.2, -0.15) is 0 Å². The van der Waals surface area contributed by atoms with Crippen molar-refractivity contribution in [2.75, 3.05) is 20.4 Å². The van der Waals surface area contributed by atoms with Gasteiger partial charge in [0.2, 0.25) is 0 Å². The summed E-state index contributed by atoms with van der Waals surface area (Å²) in [6.45, 7) is 1.22. The highest BCUT2D eigenvalue weighted by atomic mass is 16.7. The first kappa shape index (κ1) is 13.2. The Labute approximate surface area is 116 Å². The van der Waals surface area contributed by atoms with Crippen LogP contribution in [0.1, 0.15) is 23.6 Å². The molecule has 1 aromatic rings. The summed E-state index contributed by atoms with van der Waals surface area (Å²) in [4.78, 5) is 11.1. The number of hydrogen-bond acceptors (Lipinski definition) is 5. The van der Waals surface area contributed by atoms with Crippen molar-refractivity contribution in [3.05, 3.63) is 23.3 Å². The van der Waals surface area contributed by atoms with E-state index in [1.54, 1.807) is 7.11 Å². The lowest BCUT2D eigenvalue weighted by atomic mass is 9.97. The second-order valence-corrected chi connectivity index (χ2v) is 5.04. The standard InChI is InChI=1S/C14H17NO5/c1-18-13-3-9-6-19-7-20-12(9)4-10(13)11-2-8(5-15-11)14(16)17/h3-4,8,11,15H,2,5-7H2,1H3,(H,16,17). The molecule has 6 nitrogen and oxygen atoms in total. The quantitative estimate of drug-likeness (QED) is 0.868. The van der Waals surface area contributed by atoms with Gasteiger partial charge in [-0.3, -0.25) is 4.79 Å². The van der Waals surface area contributed by atoms with Crippen LogP contribution in [-0.4, -0.2) is 31.5 Å².